The van der Waals surface area contributed by atoms with E-state index in [0.717, 1.165) is 30.0 Å². The van der Waals surface area contributed by atoms with Crippen LogP contribution in [0, 0.1) is 0 Å². The number of carbonyl (C=O) groups is 1. The number of rotatable bonds is 13. The van der Waals surface area contributed by atoms with Crippen LogP contribution in [0.5, 0.6) is 0 Å². The van der Waals surface area contributed by atoms with E-state index < -0.39 is 10.3 Å². The number of carboxylic acids is 1. The Balaban J connectivity index is 1.89. The predicted octanol–water partition coefficient (Wildman–Crippen LogP) is 7.20. The lowest BCUT2D eigenvalue weighted by atomic mass is 10.1. The molecule has 24 heavy (non-hydrogen) atoms. The lowest BCUT2D eigenvalue weighted by molar-refractivity contribution is -0.138. The number of alkyl halides is 2. The predicted molar refractivity (Wildman–Crippen MR) is 106 cm³/mol. The van der Waals surface area contributed by atoms with Gasteiger partial charge in [-0.1, -0.05) is 73.3 Å². The molecule has 0 aliphatic carbocycles. The van der Waals surface area contributed by atoms with Gasteiger partial charge < -0.3 is 5.11 Å². The van der Waals surface area contributed by atoms with E-state index in [1.54, 1.807) is 0 Å². The van der Waals surface area contributed by atoms with Crippen molar-refractivity contribution in [1.82, 2.24) is 0 Å². The summed E-state index contributed by atoms with van der Waals surface area (Å²) in [7, 11) is 0. The largest absolute Gasteiger partial charge is 0.479 e. The normalized spacial score (nSPS) is 11.6. The zero-order chi connectivity index (χ0) is 17.8. The maximum atomic E-state index is 10.7. The molecule has 0 fully saturated rings. The number of hydrogen-bond acceptors (Lipinski definition) is 2. The summed E-state index contributed by atoms with van der Waals surface area (Å²) in [5.74, 6) is -0.00744. The molecule has 0 aliphatic heterocycles. The minimum Gasteiger partial charge on any atom is -0.479 e. The lowest BCUT2D eigenvalue weighted by Crippen LogP contribution is -2.25. The molecule has 0 saturated carbocycles. The topological polar surface area (TPSA) is 37.3 Å². The monoisotopic (exact) mass is 410 g/mol. The highest BCUT2D eigenvalue weighted by molar-refractivity contribution is 7.99. The molecule has 0 spiro atoms. The van der Waals surface area contributed by atoms with Gasteiger partial charge in [0.1, 0.15) is 0 Å². The number of thioether (sulfide) groups is 1. The van der Waals surface area contributed by atoms with Crippen molar-refractivity contribution in [2.75, 3.05) is 5.75 Å². The number of hydrogen-bond donors (Lipinski definition) is 1. The van der Waals surface area contributed by atoms with Gasteiger partial charge >= 0.3 is 5.97 Å². The summed E-state index contributed by atoms with van der Waals surface area (Å²) in [6.07, 6.45) is 9.34. The van der Waals surface area contributed by atoms with Crippen molar-refractivity contribution >= 4 is 52.5 Å². The maximum absolute atomic E-state index is 10.7. The van der Waals surface area contributed by atoms with E-state index >= 15 is 0 Å². The summed E-state index contributed by atoms with van der Waals surface area (Å²) in [5, 5.41) is 9.58. The highest BCUT2D eigenvalue weighted by Crippen LogP contribution is 2.28. The summed E-state index contributed by atoms with van der Waals surface area (Å²) in [5.41, 5.74) is 0. The molecule has 0 saturated heterocycles. The quantitative estimate of drug-likeness (QED) is 0.212. The first kappa shape index (κ1) is 22.0. The van der Waals surface area contributed by atoms with Gasteiger partial charge in [-0.15, -0.1) is 11.8 Å². The number of benzene rings is 1. The molecular weight excluding hydrogens is 387 g/mol. The van der Waals surface area contributed by atoms with Gasteiger partial charge in [0.15, 0.2) is 0 Å². The number of aliphatic carboxylic acids is 1. The Morgan fingerprint density at radius 1 is 0.917 bits per heavy atom. The van der Waals surface area contributed by atoms with Gasteiger partial charge in [0.25, 0.3) is 0 Å². The second-order valence-corrected chi connectivity index (χ2v) is 8.98. The van der Waals surface area contributed by atoms with Gasteiger partial charge in [0.2, 0.25) is 4.33 Å². The molecule has 136 valence electrons. The molecule has 0 atom stereocenters. The third-order valence-electron chi connectivity index (χ3n) is 3.78. The first-order chi connectivity index (χ1) is 11.4. The van der Waals surface area contributed by atoms with Gasteiger partial charge in [-0.25, -0.2) is 4.79 Å². The molecule has 1 rings (SSSR count). The van der Waals surface area contributed by atoms with E-state index in [-0.39, 0.29) is 0 Å². The minimum atomic E-state index is -1.62. The molecule has 0 heterocycles. The van der Waals surface area contributed by atoms with Crippen molar-refractivity contribution in [3.05, 3.63) is 29.3 Å². The smallest absolute Gasteiger partial charge is 0.340 e. The molecule has 0 unspecified atom stereocenters. The Morgan fingerprint density at radius 3 is 1.96 bits per heavy atom. The van der Waals surface area contributed by atoms with Crippen LogP contribution in [0.1, 0.15) is 57.8 Å². The molecule has 1 aromatic rings. The van der Waals surface area contributed by atoms with Gasteiger partial charge in [-0.2, -0.15) is 0 Å². The van der Waals surface area contributed by atoms with Crippen LogP contribution in [-0.4, -0.2) is 21.2 Å². The van der Waals surface area contributed by atoms with Gasteiger partial charge in [0, 0.05) is 9.92 Å². The molecule has 0 aliphatic rings. The van der Waals surface area contributed by atoms with Crippen LogP contribution in [0.25, 0.3) is 0 Å². The van der Waals surface area contributed by atoms with Crippen molar-refractivity contribution in [1.29, 1.82) is 0 Å². The van der Waals surface area contributed by atoms with Crippen LogP contribution in [0.3, 0.4) is 0 Å². The second kappa shape index (κ2) is 12.3. The lowest BCUT2D eigenvalue weighted by Gasteiger charge is -2.13. The molecule has 0 amide bonds. The summed E-state index contributed by atoms with van der Waals surface area (Å²) < 4.78 is -1.62. The van der Waals surface area contributed by atoms with Crippen molar-refractivity contribution < 1.29 is 9.90 Å². The minimum absolute atomic E-state index is 0.313. The summed E-state index contributed by atoms with van der Waals surface area (Å²) >= 11 is 19.1. The van der Waals surface area contributed by atoms with Crippen molar-refractivity contribution in [3.8, 4) is 0 Å². The SMILES string of the molecule is O=C(O)C(Cl)(Cl)CCCCCCCCCCSc1ccc(Cl)cc1. The van der Waals surface area contributed by atoms with Crippen LogP contribution in [-0.2, 0) is 4.79 Å². The summed E-state index contributed by atoms with van der Waals surface area (Å²) in [4.78, 5) is 12.0. The first-order valence-electron chi connectivity index (χ1n) is 8.41. The average Bonchev–Trinajstić information content (AvgIpc) is 2.54. The Bertz CT molecular complexity index is 478. The van der Waals surface area contributed by atoms with Crippen molar-refractivity contribution in [3.63, 3.8) is 0 Å². The zero-order valence-electron chi connectivity index (χ0n) is 13.8. The highest BCUT2D eigenvalue weighted by atomic mass is 35.5. The van der Waals surface area contributed by atoms with Crippen LogP contribution < -0.4 is 0 Å². The highest BCUT2D eigenvalue weighted by Gasteiger charge is 2.32. The van der Waals surface area contributed by atoms with E-state index in [9.17, 15) is 4.79 Å². The van der Waals surface area contributed by atoms with Crippen LogP contribution >= 0.6 is 46.6 Å². The second-order valence-electron chi connectivity index (χ2n) is 5.89. The molecule has 1 aromatic carbocycles. The van der Waals surface area contributed by atoms with Crippen LogP contribution in [0.4, 0.5) is 0 Å². The van der Waals surface area contributed by atoms with E-state index in [1.165, 1.54) is 37.0 Å². The standard InChI is InChI=1S/C18H25Cl3O2S/c19-15-9-11-16(12-10-15)24-14-8-6-4-2-1-3-5-7-13-18(20,21)17(22)23/h9-12H,1-8,13-14H2,(H,22,23). The average molecular weight is 412 g/mol. The van der Waals surface area contributed by atoms with E-state index in [4.69, 9.17) is 39.9 Å². The fraction of sp³-hybridized carbons (Fsp3) is 0.611. The molecule has 6 heteroatoms. The third kappa shape index (κ3) is 10.0. The van der Waals surface area contributed by atoms with Gasteiger partial charge in [-0.3, -0.25) is 0 Å². The summed E-state index contributed by atoms with van der Waals surface area (Å²) in [6, 6.07) is 7.99. The fourth-order valence-corrected chi connectivity index (χ4v) is 3.64. The Labute approximate surface area is 164 Å². The first-order valence-corrected chi connectivity index (χ1v) is 10.5. The maximum Gasteiger partial charge on any atom is 0.340 e. The van der Waals surface area contributed by atoms with E-state index in [1.807, 2.05) is 23.9 Å². The van der Waals surface area contributed by atoms with Crippen molar-refractivity contribution in [2.24, 2.45) is 0 Å². The molecular formula is C18H25Cl3O2S. The van der Waals surface area contributed by atoms with Gasteiger partial charge in [0.05, 0.1) is 0 Å². The fourth-order valence-electron chi connectivity index (χ4n) is 2.34. The Morgan fingerprint density at radius 2 is 1.42 bits per heavy atom. The number of carboxylic acid groups (broad SMARTS) is 1. The number of halogens is 3. The molecule has 0 bridgehead atoms. The van der Waals surface area contributed by atoms with Crippen LogP contribution in [0.2, 0.25) is 5.02 Å². The van der Waals surface area contributed by atoms with Gasteiger partial charge in [-0.05, 0) is 49.3 Å². The zero-order valence-corrected chi connectivity index (χ0v) is 16.9. The molecule has 1 N–H and O–H groups in total. The Kier molecular flexibility index (Phi) is 11.2. The Hall–Kier alpha value is -0.0900. The summed E-state index contributed by atoms with van der Waals surface area (Å²) in [6.45, 7) is 0. The molecule has 0 aromatic heterocycles. The van der Waals surface area contributed by atoms with E-state index in [2.05, 4.69) is 12.1 Å². The third-order valence-corrected chi connectivity index (χ3v) is 5.83. The van der Waals surface area contributed by atoms with E-state index in [0.29, 0.717) is 6.42 Å². The van der Waals surface area contributed by atoms with Crippen LogP contribution in [0.15, 0.2) is 29.2 Å². The molecule has 0 radical (unpaired) electrons. The molecule has 2 nitrogen and oxygen atoms in total. The van der Waals surface area contributed by atoms with Crippen molar-refractivity contribution in [2.45, 2.75) is 67.0 Å². The number of unbranched alkanes of at least 4 members (excludes halogenated alkanes) is 7.